The first kappa shape index (κ1) is 28.5. The molecule has 0 bridgehead atoms. The number of rotatable bonds is 8. The zero-order chi connectivity index (χ0) is 28.2. The van der Waals surface area contributed by atoms with Gasteiger partial charge in [-0.25, -0.2) is 9.59 Å². The molecule has 0 spiro atoms. The van der Waals surface area contributed by atoms with Crippen LogP contribution in [-0.4, -0.2) is 59.8 Å². The second kappa shape index (κ2) is 11.6. The highest BCUT2D eigenvalue weighted by molar-refractivity contribution is 6.04. The molecular formula is C26H30N2O10. The summed E-state index contributed by atoms with van der Waals surface area (Å²) in [6.45, 7) is 10.1. The van der Waals surface area contributed by atoms with Crippen LogP contribution in [0.1, 0.15) is 31.9 Å². The molecule has 3 N–H and O–H groups in total. The number of aromatic hydroxyl groups is 1. The molecule has 1 amide bonds. The number of oxime groups is 1. The fourth-order valence-corrected chi connectivity index (χ4v) is 4.11. The van der Waals surface area contributed by atoms with Gasteiger partial charge in [-0.1, -0.05) is 24.1 Å². The average molecular weight is 531 g/mol. The number of ether oxygens (including phenoxy) is 3. The maximum absolute atomic E-state index is 12.6. The molecule has 204 valence electrons. The van der Waals surface area contributed by atoms with Gasteiger partial charge in [0.1, 0.15) is 42.5 Å². The lowest BCUT2D eigenvalue weighted by Crippen LogP contribution is -2.61. The molecule has 2 aromatic rings. The van der Waals surface area contributed by atoms with Crippen LogP contribution in [0, 0.1) is 25.2 Å². The molecule has 1 aliphatic heterocycles. The van der Waals surface area contributed by atoms with E-state index in [1.807, 2.05) is 5.48 Å². The Kier molecular flexibility index (Phi) is 8.67. The Balaban J connectivity index is 1.96. The van der Waals surface area contributed by atoms with Gasteiger partial charge in [0.25, 0.3) is 0 Å². The minimum Gasteiger partial charge on any atom is -0.506 e. The Morgan fingerprint density at radius 1 is 1.42 bits per heavy atom. The predicted octanol–water partition coefficient (Wildman–Crippen LogP) is 2.51. The molecule has 0 radical (unpaired) electrons. The quantitative estimate of drug-likeness (QED) is 0.116. The Morgan fingerprint density at radius 2 is 2.13 bits per heavy atom. The summed E-state index contributed by atoms with van der Waals surface area (Å²) in [6, 6.07) is 2.99. The van der Waals surface area contributed by atoms with E-state index >= 15 is 0 Å². The molecule has 0 saturated carbocycles. The summed E-state index contributed by atoms with van der Waals surface area (Å²) in [5, 5.41) is 25.7. The third kappa shape index (κ3) is 5.45. The molecular weight excluding hydrogens is 500 g/mol. The topological polar surface area (TPSA) is 158 Å². The van der Waals surface area contributed by atoms with Crippen molar-refractivity contribution in [2.75, 3.05) is 13.7 Å². The SMILES string of the molecule is C#CCONC(=O)O[C@@H]1[C@@H](C)[C@](C)(C=C)OC(Oc2ccc3c(O)c(/C(C)=N\OC)c(=O)oc3c2C)[C@@H]1O. The third-order valence-corrected chi connectivity index (χ3v) is 6.42. The molecule has 1 saturated heterocycles. The zero-order valence-corrected chi connectivity index (χ0v) is 21.6. The van der Waals surface area contributed by atoms with Gasteiger partial charge >= 0.3 is 11.7 Å². The van der Waals surface area contributed by atoms with E-state index in [0.717, 1.165) is 0 Å². The van der Waals surface area contributed by atoms with Crippen molar-refractivity contribution in [2.24, 2.45) is 11.1 Å². The Labute approximate surface area is 218 Å². The van der Waals surface area contributed by atoms with Crippen LogP contribution in [0.15, 0.2) is 39.2 Å². The number of carbonyl (C=O) groups excluding carboxylic acids is 1. The van der Waals surface area contributed by atoms with E-state index in [-0.39, 0.29) is 40.4 Å². The molecule has 3 rings (SSSR count). The van der Waals surface area contributed by atoms with E-state index in [1.54, 1.807) is 20.8 Å². The second-order valence-corrected chi connectivity index (χ2v) is 8.77. The van der Waals surface area contributed by atoms with E-state index in [4.69, 9.17) is 29.9 Å². The summed E-state index contributed by atoms with van der Waals surface area (Å²) < 4.78 is 22.9. The molecule has 1 fully saturated rings. The van der Waals surface area contributed by atoms with E-state index in [9.17, 15) is 19.8 Å². The van der Waals surface area contributed by atoms with Gasteiger partial charge in [0.2, 0.25) is 6.29 Å². The number of carbonyl (C=O) groups is 1. The van der Waals surface area contributed by atoms with Crippen LogP contribution in [-0.2, 0) is 19.1 Å². The third-order valence-electron chi connectivity index (χ3n) is 6.42. The number of hydroxylamine groups is 1. The number of aliphatic hydroxyl groups excluding tert-OH is 1. The Hall–Kier alpha value is -4.05. The van der Waals surface area contributed by atoms with Gasteiger partial charge in [0, 0.05) is 11.5 Å². The minimum absolute atomic E-state index is 0.0574. The van der Waals surface area contributed by atoms with Crippen LogP contribution in [0.4, 0.5) is 4.79 Å². The number of hydrogen-bond donors (Lipinski definition) is 3. The highest BCUT2D eigenvalue weighted by Crippen LogP contribution is 2.39. The highest BCUT2D eigenvalue weighted by atomic mass is 16.7. The van der Waals surface area contributed by atoms with Crippen LogP contribution >= 0.6 is 0 Å². The molecule has 12 heteroatoms. The minimum atomic E-state index is -1.44. The van der Waals surface area contributed by atoms with Crippen LogP contribution in [0.5, 0.6) is 11.5 Å². The average Bonchev–Trinajstić information content (AvgIpc) is 2.87. The van der Waals surface area contributed by atoms with Gasteiger partial charge in [-0.05, 0) is 32.9 Å². The van der Waals surface area contributed by atoms with Crippen molar-refractivity contribution >= 4 is 22.8 Å². The van der Waals surface area contributed by atoms with Gasteiger partial charge < -0.3 is 33.7 Å². The number of fused-ring (bicyclic) bond motifs is 1. The van der Waals surface area contributed by atoms with Gasteiger partial charge in [-0.15, -0.1) is 13.0 Å². The first-order valence-electron chi connectivity index (χ1n) is 11.5. The maximum Gasteiger partial charge on any atom is 0.431 e. The van der Waals surface area contributed by atoms with Crippen molar-refractivity contribution in [3.8, 4) is 23.8 Å². The number of amides is 1. The van der Waals surface area contributed by atoms with Crippen molar-refractivity contribution in [1.29, 1.82) is 0 Å². The lowest BCUT2D eigenvalue weighted by atomic mass is 9.81. The first-order valence-corrected chi connectivity index (χ1v) is 11.5. The van der Waals surface area contributed by atoms with Crippen molar-refractivity contribution in [1.82, 2.24) is 5.48 Å². The maximum atomic E-state index is 12.6. The summed E-state index contributed by atoms with van der Waals surface area (Å²) in [5.41, 5.74) is 0.529. The molecule has 1 unspecified atom stereocenters. The predicted molar refractivity (Wildman–Crippen MR) is 136 cm³/mol. The zero-order valence-electron chi connectivity index (χ0n) is 21.6. The van der Waals surface area contributed by atoms with Crippen LogP contribution in [0.3, 0.4) is 0 Å². The number of nitrogens with zero attached hydrogens (tertiary/aromatic N) is 1. The second-order valence-electron chi connectivity index (χ2n) is 8.77. The number of nitrogens with one attached hydrogen (secondary N) is 1. The van der Waals surface area contributed by atoms with E-state index in [0.29, 0.717) is 5.56 Å². The molecule has 1 aliphatic rings. The van der Waals surface area contributed by atoms with Crippen LogP contribution < -0.4 is 15.8 Å². The highest BCUT2D eigenvalue weighted by Gasteiger charge is 2.51. The largest absolute Gasteiger partial charge is 0.506 e. The lowest BCUT2D eigenvalue weighted by Gasteiger charge is -2.47. The summed E-state index contributed by atoms with van der Waals surface area (Å²) in [4.78, 5) is 34.3. The van der Waals surface area contributed by atoms with E-state index in [1.165, 1.54) is 32.2 Å². The fourth-order valence-electron chi connectivity index (χ4n) is 4.11. The normalized spacial score (nSPS) is 25.3. The summed E-state index contributed by atoms with van der Waals surface area (Å²) in [6.07, 6.45) is 1.76. The van der Waals surface area contributed by atoms with Crippen molar-refractivity contribution < 1.29 is 43.3 Å². The van der Waals surface area contributed by atoms with Gasteiger partial charge in [-0.3, -0.25) is 4.84 Å². The molecule has 0 aliphatic carbocycles. The monoisotopic (exact) mass is 530 g/mol. The van der Waals surface area contributed by atoms with E-state index in [2.05, 4.69) is 22.5 Å². The molecule has 2 heterocycles. The summed E-state index contributed by atoms with van der Waals surface area (Å²) >= 11 is 0. The molecule has 38 heavy (non-hydrogen) atoms. The van der Waals surface area contributed by atoms with Crippen molar-refractivity contribution in [3.63, 3.8) is 0 Å². The number of terminal acetylenes is 1. The first-order chi connectivity index (χ1) is 18.0. The molecule has 5 atom stereocenters. The van der Waals surface area contributed by atoms with Gasteiger partial charge in [0.15, 0.2) is 6.10 Å². The molecule has 12 nitrogen and oxygen atoms in total. The number of benzene rings is 1. The Morgan fingerprint density at radius 3 is 2.76 bits per heavy atom. The van der Waals surface area contributed by atoms with Crippen molar-refractivity contribution in [2.45, 2.75) is 51.8 Å². The summed E-state index contributed by atoms with van der Waals surface area (Å²) in [5.74, 6) is 1.49. The fraction of sp³-hybridized carbons (Fsp3) is 0.423. The molecule has 1 aromatic heterocycles. The number of hydrogen-bond acceptors (Lipinski definition) is 11. The van der Waals surface area contributed by atoms with Gasteiger partial charge in [-0.2, -0.15) is 5.48 Å². The summed E-state index contributed by atoms with van der Waals surface area (Å²) in [7, 11) is 1.31. The Bertz CT molecular complexity index is 1340. The van der Waals surface area contributed by atoms with Gasteiger partial charge in [0.05, 0.1) is 16.7 Å². The standard InChI is InChI=1S/C26H30N2O10/c1-8-12-34-28-25(32)37-22-14(4)26(6,9-2)38-24(20(22)30)35-17-11-10-16-19(29)18(15(5)27-33-7)23(31)36-21(16)13(17)3/h1,9-11,14,20,22,24,29-30H,2,12H2,3-7H3,(H,28,32)/b27-15-/t14-,20-,22-,24?,26+/m1/s1. The van der Waals surface area contributed by atoms with Crippen LogP contribution in [0.2, 0.25) is 0 Å². The van der Waals surface area contributed by atoms with Crippen molar-refractivity contribution in [3.05, 3.63) is 46.3 Å². The smallest absolute Gasteiger partial charge is 0.431 e. The van der Waals surface area contributed by atoms with E-state index < -0.39 is 41.7 Å². The number of aryl methyl sites for hydroxylation is 1. The molecule has 1 aromatic carbocycles. The number of aliphatic hydroxyl groups is 1. The van der Waals surface area contributed by atoms with Crippen LogP contribution in [0.25, 0.3) is 11.0 Å². The lowest BCUT2D eigenvalue weighted by molar-refractivity contribution is -0.275.